The molecule has 2 bridgehead atoms. The quantitative estimate of drug-likeness (QED) is 0.354. The summed E-state index contributed by atoms with van der Waals surface area (Å²) < 4.78 is 5.90. The molecule has 1 aromatic carbocycles. The van der Waals surface area contributed by atoms with Gasteiger partial charge in [-0.15, -0.1) is 0 Å². The van der Waals surface area contributed by atoms with Crippen LogP contribution >= 0.6 is 11.6 Å². The van der Waals surface area contributed by atoms with E-state index in [0.717, 1.165) is 11.0 Å². The van der Waals surface area contributed by atoms with Gasteiger partial charge in [-0.1, -0.05) is 23.8 Å². The van der Waals surface area contributed by atoms with Crippen LogP contribution in [0, 0.1) is 22.0 Å². The highest BCUT2D eigenvalue weighted by molar-refractivity contribution is 6.31. The Morgan fingerprint density at radius 1 is 1.17 bits per heavy atom. The molecule has 8 heteroatoms. The van der Waals surface area contributed by atoms with Gasteiger partial charge in [0, 0.05) is 11.1 Å². The molecule has 0 N–H and O–H groups in total. The van der Waals surface area contributed by atoms with Gasteiger partial charge in [0.05, 0.1) is 28.0 Å². The van der Waals surface area contributed by atoms with E-state index in [0.29, 0.717) is 0 Å². The third kappa shape index (κ3) is 1.71. The number of nitro groups is 1. The smallest absolute Gasteiger partial charge is 0.294 e. The Hall–Kier alpha value is -2.25. The lowest BCUT2D eigenvalue weighted by Gasteiger charge is -2.25. The topological polar surface area (TPSA) is 89.8 Å². The summed E-state index contributed by atoms with van der Waals surface area (Å²) in [6.45, 7) is 3.51. The highest BCUT2D eigenvalue weighted by atomic mass is 35.5. The molecule has 3 aliphatic rings. The predicted molar refractivity (Wildman–Crippen MR) is 84.6 cm³/mol. The zero-order valence-electron chi connectivity index (χ0n) is 12.9. The molecule has 2 amide bonds. The number of imide groups is 1. The van der Waals surface area contributed by atoms with Crippen LogP contribution in [-0.2, 0) is 14.3 Å². The molecule has 3 heterocycles. The second-order valence-electron chi connectivity index (χ2n) is 6.66. The largest absolute Gasteiger partial charge is 0.359 e. The molecule has 2 fully saturated rings. The first-order chi connectivity index (χ1) is 11.2. The van der Waals surface area contributed by atoms with E-state index in [-0.39, 0.29) is 16.4 Å². The number of nitrogens with zero attached hydrogens (tertiary/aromatic N) is 2. The monoisotopic (exact) mass is 348 g/mol. The van der Waals surface area contributed by atoms with Crippen molar-refractivity contribution < 1.29 is 19.2 Å². The molecular weight excluding hydrogens is 336 g/mol. The summed E-state index contributed by atoms with van der Waals surface area (Å²) in [6, 6.07) is 3.89. The molecule has 0 aromatic heterocycles. The van der Waals surface area contributed by atoms with Gasteiger partial charge in [0.15, 0.2) is 0 Å². The van der Waals surface area contributed by atoms with E-state index in [1.54, 1.807) is 26.0 Å². The summed E-state index contributed by atoms with van der Waals surface area (Å²) >= 11 is 5.81. The Bertz CT molecular complexity index is 817. The summed E-state index contributed by atoms with van der Waals surface area (Å²) in [6.07, 6.45) is 3.58. The molecule has 4 rings (SSSR count). The van der Waals surface area contributed by atoms with Gasteiger partial charge in [-0.05, 0) is 26.0 Å². The molecular formula is C16H13ClN2O5. The van der Waals surface area contributed by atoms with Gasteiger partial charge < -0.3 is 4.74 Å². The minimum atomic E-state index is -0.873. The van der Waals surface area contributed by atoms with E-state index in [2.05, 4.69) is 0 Å². The van der Waals surface area contributed by atoms with Gasteiger partial charge >= 0.3 is 0 Å². The third-order valence-electron chi connectivity index (χ3n) is 5.10. The van der Waals surface area contributed by atoms with Gasteiger partial charge in [0.1, 0.15) is 5.69 Å². The molecule has 0 unspecified atom stereocenters. The van der Waals surface area contributed by atoms with Crippen LogP contribution in [0.5, 0.6) is 0 Å². The van der Waals surface area contributed by atoms with Gasteiger partial charge in [-0.25, -0.2) is 4.90 Å². The Labute approximate surface area is 142 Å². The van der Waals surface area contributed by atoms with Crippen LogP contribution in [0.25, 0.3) is 0 Å². The first kappa shape index (κ1) is 15.3. The maximum absolute atomic E-state index is 12.9. The fourth-order valence-corrected chi connectivity index (χ4v) is 4.27. The van der Waals surface area contributed by atoms with E-state index in [9.17, 15) is 19.7 Å². The normalized spacial score (nSPS) is 36.5. The van der Waals surface area contributed by atoms with Crippen molar-refractivity contribution in [3.05, 3.63) is 45.5 Å². The van der Waals surface area contributed by atoms with Crippen molar-refractivity contribution in [1.29, 1.82) is 0 Å². The summed E-state index contributed by atoms with van der Waals surface area (Å²) in [7, 11) is 0. The van der Waals surface area contributed by atoms with Crippen LogP contribution in [0.4, 0.5) is 11.4 Å². The lowest BCUT2D eigenvalue weighted by Crippen LogP contribution is -2.39. The Balaban J connectivity index is 1.85. The number of carbonyl (C=O) groups excluding carboxylic acids is 2. The van der Waals surface area contributed by atoms with Crippen molar-refractivity contribution >= 4 is 34.8 Å². The Kier molecular flexibility index (Phi) is 2.82. The van der Waals surface area contributed by atoms with Crippen LogP contribution in [0.2, 0.25) is 5.02 Å². The van der Waals surface area contributed by atoms with Gasteiger partial charge in [0.2, 0.25) is 11.8 Å². The van der Waals surface area contributed by atoms with Crippen molar-refractivity contribution in [1.82, 2.24) is 0 Å². The van der Waals surface area contributed by atoms with Crippen molar-refractivity contribution in [2.45, 2.75) is 25.0 Å². The number of carbonyl (C=O) groups is 2. The molecule has 0 saturated carbocycles. The molecule has 4 atom stereocenters. The molecule has 1 aromatic rings. The number of hydrogen-bond donors (Lipinski definition) is 0. The average Bonchev–Trinajstić information content (AvgIpc) is 3.04. The molecule has 7 nitrogen and oxygen atoms in total. The Morgan fingerprint density at radius 2 is 1.71 bits per heavy atom. The summed E-state index contributed by atoms with van der Waals surface area (Å²) in [5, 5.41) is 11.5. The standard InChI is InChI=1S/C16H13ClN2O5/c1-15-5-6-16(2,24-15)12-11(15)13(20)18(14(12)21)9-4-3-8(17)7-10(9)19(22)23/h3-7,11-12H,1-2H3/t11-,12-,15+,16+/m1/s1. The molecule has 0 radical (unpaired) electrons. The van der Waals surface area contributed by atoms with Gasteiger partial charge in [-0.2, -0.15) is 0 Å². The van der Waals surface area contributed by atoms with Gasteiger partial charge in [0.25, 0.3) is 5.69 Å². The lowest BCUT2D eigenvalue weighted by molar-refractivity contribution is -0.384. The maximum Gasteiger partial charge on any atom is 0.294 e. The number of halogens is 1. The summed E-state index contributed by atoms with van der Waals surface area (Å²) in [5.74, 6) is -2.33. The van der Waals surface area contributed by atoms with Crippen LogP contribution in [0.15, 0.2) is 30.4 Å². The van der Waals surface area contributed by atoms with Crippen molar-refractivity contribution in [2.24, 2.45) is 11.8 Å². The van der Waals surface area contributed by atoms with Crippen molar-refractivity contribution in [3.8, 4) is 0 Å². The number of amides is 2. The number of benzene rings is 1. The van der Waals surface area contributed by atoms with Crippen LogP contribution < -0.4 is 4.90 Å². The minimum Gasteiger partial charge on any atom is -0.359 e. The lowest BCUT2D eigenvalue weighted by atomic mass is 9.73. The van der Waals surface area contributed by atoms with E-state index >= 15 is 0 Å². The highest BCUT2D eigenvalue weighted by Gasteiger charge is 2.70. The molecule has 3 aliphatic heterocycles. The first-order valence-electron chi connectivity index (χ1n) is 7.40. The summed E-state index contributed by atoms with van der Waals surface area (Å²) in [4.78, 5) is 37.4. The van der Waals surface area contributed by atoms with Crippen LogP contribution in [-0.4, -0.2) is 27.9 Å². The van der Waals surface area contributed by atoms with Crippen molar-refractivity contribution in [2.75, 3.05) is 4.90 Å². The van der Waals surface area contributed by atoms with E-state index in [1.165, 1.54) is 12.1 Å². The molecule has 24 heavy (non-hydrogen) atoms. The van der Waals surface area contributed by atoms with Gasteiger partial charge in [-0.3, -0.25) is 19.7 Å². The van der Waals surface area contributed by atoms with Crippen LogP contribution in [0.3, 0.4) is 0 Å². The van der Waals surface area contributed by atoms with Crippen molar-refractivity contribution in [3.63, 3.8) is 0 Å². The number of hydrogen-bond acceptors (Lipinski definition) is 5. The zero-order valence-corrected chi connectivity index (χ0v) is 13.6. The fourth-order valence-electron chi connectivity index (χ4n) is 4.10. The number of rotatable bonds is 2. The number of nitro benzene ring substituents is 1. The number of ether oxygens (including phenoxy) is 1. The molecule has 2 saturated heterocycles. The van der Waals surface area contributed by atoms with E-state index in [1.807, 2.05) is 0 Å². The second-order valence-corrected chi connectivity index (χ2v) is 7.10. The molecule has 0 spiro atoms. The zero-order chi connectivity index (χ0) is 17.4. The van der Waals surface area contributed by atoms with E-state index in [4.69, 9.17) is 16.3 Å². The third-order valence-corrected chi connectivity index (χ3v) is 5.34. The average molecular weight is 349 g/mol. The first-order valence-corrected chi connectivity index (χ1v) is 7.78. The number of anilines is 1. The summed E-state index contributed by atoms with van der Waals surface area (Å²) in [5.41, 5.74) is -2.18. The highest BCUT2D eigenvalue weighted by Crippen LogP contribution is 2.57. The minimum absolute atomic E-state index is 0.0552. The predicted octanol–water partition coefficient (Wildman–Crippen LogP) is 2.47. The SMILES string of the molecule is C[C@@]12C=C[C@](C)(O1)[C@H]1C(=O)N(c3ccc(Cl)cc3[N+](=O)[O-])C(=O)[C@@H]12. The molecule has 0 aliphatic carbocycles. The molecule has 124 valence electrons. The maximum atomic E-state index is 12.9. The fraction of sp³-hybridized carbons (Fsp3) is 0.375. The Morgan fingerprint density at radius 3 is 2.21 bits per heavy atom. The van der Waals surface area contributed by atoms with Crippen LogP contribution in [0.1, 0.15) is 13.8 Å². The number of fused-ring (bicyclic) bond motifs is 5. The van der Waals surface area contributed by atoms with E-state index < -0.39 is 39.8 Å². The second kappa shape index (κ2) is 4.43.